The lowest BCUT2D eigenvalue weighted by atomic mass is 9.90. The Kier molecular flexibility index (Phi) is 31.4. The Morgan fingerprint density at radius 3 is 1.96 bits per heavy atom. The molecule has 1 aliphatic rings. The van der Waals surface area contributed by atoms with Crippen molar-refractivity contribution in [3.8, 4) is 0 Å². The molecule has 1 saturated heterocycles. The van der Waals surface area contributed by atoms with Gasteiger partial charge in [0, 0.05) is 63.2 Å². The summed E-state index contributed by atoms with van der Waals surface area (Å²) in [6.45, 7) is 15.0. The van der Waals surface area contributed by atoms with Crippen molar-refractivity contribution in [2.75, 3.05) is 93.3 Å². The summed E-state index contributed by atoms with van der Waals surface area (Å²) in [5.41, 5.74) is 9.26. The van der Waals surface area contributed by atoms with Crippen LogP contribution in [0.25, 0.3) is 0 Å². The summed E-state index contributed by atoms with van der Waals surface area (Å²) >= 11 is 6.81. The van der Waals surface area contributed by atoms with E-state index in [0.717, 1.165) is 23.4 Å². The van der Waals surface area contributed by atoms with Crippen LogP contribution in [0, 0.1) is 23.7 Å². The number of aromatic nitrogens is 3. The van der Waals surface area contributed by atoms with Gasteiger partial charge in [0.2, 0.25) is 41.4 Å². The average Bonchev–Trinajstić information content (AvgIpc) is 4.09. The molecule has 0 aliphatic carbocycles. The minimum absolute atomic E-state index is 0.00467. The van der Waals surface area contributed by atoms with Gasteiger partial charge in [-0.25, -0.2) is 0 Å². The number of benzene rings is 1. The van der Waals surface area contributed by atoms with Crippen molar-refractivity contribution in [2.24, 2.45) is 29.4 Å². The number of amides is 7. The van der Waals surface area contributed by atoms with Gasteiger partial charge in [0.15, 0.2) is 0 Å². The van der Waals surface area contributed by atoms with E-state index in [-0.39, 0.29) is 93.0 Å². The van der Waals surface area contributed by atoms with E-state index in [4.69, 9.17) is 24.7 Å². The summed E-state index contributed by atoms with van der Waals surface area (Å²) in [5.74, 6) is -3.23. The molecule has 25 heteroatoms. The highest BCUT2D eigenvalue weighted by molar-refractivity contribution is 9.09. The number of rotatable bonds is 37. The molecule has 0 radical (unpaired) electrons. The van der Waals surface area contributed by atoms with E-state index in [1.54, 1.807) is 54.5 Å². The Labute approximate surface area is 490 Å². The van der Waals surface area contributed by atoms with Crippen molar-refractivity contribution >= 4 is 78.9 Å². The van der Waals surface area contributed by atoms with E-state index >= 15 is 0 Å². The summed E-state index contributed by atoms with van der Waals surface area (Å²) in [6.07, 6.45) is 1.20. The number of likely N-dealkylation sites (tertiary alicyclic amines) is 1. The highest BCUT2D eigenvalue weighted by atomic mass is 79.9. The number of halogens is 2. The van der Waals surface area contributed by atoms with Crippen LogP contribution in [-0.2, 0) is 76.1 Å². The van der Waals surface area contributed by atoms with Crippen molar-refractivity contribution in [1.82, 2.24) is 51.0 Å². The van der Waals surface area contributed by atoms with Crippen LogP contribution in [0.3, 0.4) is 0 Å². The fraction of sp³-hybridized carbons (Fsp3) is 0.727. The molecule has 1 aromatic carbocycles. The number of anilines is 1. The molecule has 3 rings (SSSR count). The molecule has 1 aliphatic heterocycles. The smallest absolute Gasteiger partial charge is 0.243 e. The maximum absolute atomic E-state index is 14.3. The number of hydrogen-bond acceptors (Lipinski definition) is 15. The molecule has 0 bridgehead atoms. The molecular weight excluding hydrogens is 1160 g/mol. The molecule has 7 N–H and O–H groups in total. The molecule has 7 amide bonds. The van der Waals surface area contributed by atoms with Crippen molar-refractivity contribution in [1.29, 1.82) is 0 Å². The number of hydrogen-bond donors (Lipinski definition) is 6. The van der Waals surface area contributed by atoms with Gasteiger partial charge in [0.25, 0.3) is 0 Å². The average molecular weight is 1260 g/mol. The van der Waals surface area contributed by atoms with Crippen LogP contribution in [0.5, 0.6) is 0 Å². The number of carbonyl (C=O) groups is 7. The number of methoxy groups -OCH3 is 2. The quantitative estimate of drug-likeness (QED) is 0.0419. The zero-order valence-electron chi connectivity index (χ0n) is 49.2. The van der Waals surface area contributed by atoms with Crippen molar-refractivity contribution < 1.29 is 52.5 Å². The third kappa shape index (κ3) is 21.9. The summed E-state index contributed by atoms with van der Waals surface area (Å²) in [5, 5.41) is 24.1. The van der Waals surface area contributed by atoms with Crippen LogP contribution < -0.4 is 32.3 Å². The van der Waals surface area contributed by atoms with Gasteiger partial charge in [-0.2, -0.15) is 15.0 Å². The lowest BCUT2D eigenvalue weighted by Crippen LogP contribution is -2.55. The number of ether oxygens (including phenoxy) is 4. The summed E-state index contributed by atoms with van der Waals surface area (Å²) in [6, 6.07) is 4.49. The molecule has 2 heterocycles. The Morgan fingerprint density at radius 2 is 1.41 bits per heavy atom. The van der Waals surface area contributed by atoms with Crippen LogP contribution in [0.1, 0.15) is 97.5 Å². The SMILES string of the molecule is CC[C@H](C)[C@@H]([C@@H](CC(=O)N1CCC[C@H]1[C@H](OC)[C@@H](C)C(=O)N[C@H](CN)Cc1ccc(NC(=O)CNC(=O)C(NC(=O)CCOCCOCCn2nc(CBr)c(CBr)n2)C(C)C)cc1)OC)N(C)C(=O)CNC(=O)C(C(C)C)N(C)C. The first-order valence-electron chi connectivity index (χ1n) is 27.8. The Hall–Kier alpha value is -4.63. The minimum atomic E-state index is -0.869. The largest absolute Gasteiger partial charge is 0.379 e. The molecule has 1 fully saturated rings. The van der Waals surface area contributed by atoms with Gasteiger partial charge in [0.1, 0.15) is 6.04 Å². The van der Waals surface area contributed by atoms with Gasteiger partial charge in [-0.05, 0) is 68.8 Å². The second-order valence-electron chi connectivity index (χ2n) is 21.3. The second-order valence-corrected chi connectivity index (χ2v) is 22.5. The molecule has 0 spiro atoms. The molecule has 23 nitrogen and oxygen atoms in total. The van der Waals surface area contributed by atoms with Crippen molar-refractivity contribution in [3.05, 3.63) is 41.2 Å². The molecule has 2 unspecified atom stereocenters. The zero-order chi connectivity index (χ0) is 59.6. The fourth-order valence-electron chi connectivity index (χ4n) is 10.0. The zero-order valence-corrected chi connectivity index (χ0v) is 52.4. The van der Waals surface area contributed by atoms with Crippen LogP contribution >= 0.6 is 31.9 Å². The van der Waals surface area contributed by atoms with Gasteiger partial charge < -0.3 is 61.1 Å². The standard InChI is InChI=1S/C55H92Br2N12O11/c1-13-36(6)51(67(10)48(73)33-60-55(76)50(35(4)5)66(8)9)44(77-11)28-47(72)68-21-14-15-43(68)52(78-12)37(7)53(74)62-40(31-58)27-38-16-18-39(19-17-38)61-46(71)32-59-54(75)49(34(2)3)63-45(70)20-23-79-25-26-80-24-22-69-64-41(29-56)42(30-57)65-69/h16-19,34-37,40,43-44,49-52H,13-15,20-33,58H2,1-12H3,(H,59,75)(H,60,76)(H,61,71)(H,62,74)(H,63,70)/t36-,37+,40-,43-,44+,49?,50?,51-,52+/m0/s1. The van der Waals surface area contributed by atoms with Crippen LogP contribution in [0.2, 0.25) is 0 Å². The van der Waals surface area contributed by atoms with Gasteiger partial charge in [-0.15, -0.1) is 0 Å². The molecule has 452 valence electrons. The molecular formula is C55H92Br2N12O11. The van der Waals surface area contributed by atoms with Gasteiger partial charge in [-0.1, -0.05) is 98.9 Å². The normalized spacial score (nSPS) is 16.6. The molecule has 9 atom stereocenters. The minimum Gasteiger partial charge on any atom is -0.379 e. The molecule has 2 aromatic rings. The first-order valence-corrected chi connectivity index (χ1v) is 30.0. The lowest BCUT2D eigenvalue weighted by molar-refractivity contribution is -0.146. The van der Waals surface area contributed by atoms with E-state index in [1.807, 2.05) is 58.8 Å². The maximum Gasteiger partial charge on any atom is 0.243 e. The van der Waals surface area contributed by atoms with E-state index in [9.17, 15) is 33.6 Å². The highest BCUT2D eigenvalue weighted by Gasteiger charge is 2.42. The molecule has 0 saturated carbocycles. The summed E-state index contributed by atoms with van der Waals surface area (Å²) < 4.78 is 23.1. The van der Waals surface area contributed by atoms with E-state index in [2.05, 4.69) is 68.6 Å². The third-order valence-electron chi connectivity index (χ3n) is 14.6. The number of likely N-dealkylation sites (N-methyl/N-ethyl adjacent to an activating group) is 2. The number of nitrogens with two attached hydrogens (primary N) is 1. The molecule has 80 heavy (non-hydrogen) atoms. The van der Waals surface area contributed by atoms with Crippen LogP contribution in [-0.4, -0.2) is 201 Å². The Morgan fingerprint density at radius 1 is 0.787 bits per heavy atom. The predicted molar refractivity (Wildman–Crippen MR) is 313 cm³/mol. The summed E-state index contributed by atoms with van der Waals surface area (Å²) in [4.78, 5) is 100. The third-order valence-corrected chi connectivity index (χ3v) is 15.6. The number of alkyl halides is 2. The number of nitrogens with zero attached hydrogens (tertiary/aromatic N) is 6. The van der Waals surface area contributed by atoms with Crippen LogP contribution in [0.4, 0.5) is 5.69 Å². The Bertz CT molecular complexity index is 2230. The topological polar surface area (TPSA) is 283 Å². The van der Waals surface area contributed by atoms with Gasteiger partial charge in [0.05, 0.1) is 100 Å². The van der Waals surface area contributed by atoms with Crippen molar-refractivity contribution in [3.63, 3.8) is 0 Å². The fourth-order valence-corrected chi connectivity index (χ4v) is 10.9. The predicted octanol–water partition coefficient (Wildman–Crippen LogP) is 3.00. The van der Waals surface area contributed by atoms with Crippen LogP contribution in [0.15, 0.2) is 24.3 Å². The first-order chi connectivity index (χ1) is 38.0. The lowest BCUT2D eigenvalue weighted by Gasteiger charge is -2.39. The Balaban J connectivity index is 1.48. The summed E-state index contributed by atoms with van der Waals surface area (Å²) in [7, 11) is 8.41. The van der Waals surface area contributed by atoms with E-state index < -0.39 is 60.1 Å². The molecule has 1 aromatic heterocycles. The monoisotopic (exact) mass is 1250 g/mol. The second kappa shape index (κ2) is 36.1. The van der Waals surface area contributed by atoms with E-state index in [0.29, 0.717) is 61.9 Å². The number of nitrogens with one attached hydrogen (secondary N) is 5. The maximum atomic E-state index is 14.3. The number of carbonyl (C=O) groups excluding carboxylic acids is 7. The first kappa shape index (κ1) is 69.6. The van der Waals surface area contributed by atoms with Crippen molar-refractivity contribution in [2.45, 2.75) is 147 Å². The van der Waals surface area contributed by atoms with Gasteiger partial charge >= 0.3 is 0 Å². The van der Waals surface area contributed by atoms with Gasteiger partial charge in [-0.3, -0.25) is 38.5 Å². The highest BCUT2D eigenvalue weighted by Crippen LogP contribution is 2.29. The van der Waals surface area contributed by atoms with E-state index in [1.165, 1.54) is 14.2 Å².